The van der Waals surface area contributed by atoms with Crippen molar-refractivity contribution >= 4 is 22.0 Å². The van der Waals surface area contributed by atoms with E-state index in [2.05, 4.69) is 15.4 Å². The number of carbonyl (C=O) groups excluding carboxylic acids is 2. The van der Waals surface area contributed by atoms with E-state index in [4.69, 9.17) is 4.74 Å². The third-order valence-corrected chi connectivity index (χ3v) is 7.22. The molecule has 10 nitrogen and oxygen atoms in total. The van der Waals surface area contributed by atoms with Gasteiger partial charge in [0.2, 0.25) is 15.9 Å². The number of aliphatic hydroxyl groups is 2. The van der Waals surface area contributed by atoms with E-state index < -0.39 is 40.0 Å². The lowest BCUT2D eigenvalue weighted by atomic mass is 9.83. The van der Waals surface area contributed by atoms with Crippen molar-refractivity contribution in [2.45, 2.75) is 109 Å². The SMILES string of the molecule is CCCS(=O)(=O)NC[C@@H](O)C[C@H](O)[C@H](CC1CCCCC1)NC(=O)CCNC(=O)OC(C)(C)C. The van der Waals surface area contributed by atoms with E-state index in [0.717, 1.165) is 25.7 Å². The molecule has 1 aliphatic rings. The molecule has 0 saturated heterocycles. The Hall–Kier alpha value is -1.43. The summed E-state index contributed by atoms with van der Waals surface area (Å²) >= 11 is 0. The minimum Gasteiger partial charge on any atom is -0.444 e. The van der Waals surface area contributed by atoms with E-state index in [1.807, 2.05) is 0 Å². The molecule has 2 amide bonds. The number of alkyl carbamates (subject to hydrolysis) is 1. The summed E-state index contributed by atoms with van der Waals surface area (Å²) in [5.74, 6) is 0.0165. The third kappa shape index (κ3) is 14.1. The fourth-order valence-electron chi connectivity index (χ4n) is 4.06. The van der Waals surface area contributed by atoms with Gasteiger partial charge in [-0.2, -0.15) is 0 Å². The number of ether oxygens (including phenoxy) is 1. The first kappa shape index (κ1) is 30.6. The molecule has 0 bridgehead atoms. The Balaban J connectivity index is 2.61. The highest BCUT2D eigenvalue weighted by atomic mass is 32.2. The van der Waals surface area contributed by atoms with Crippen molar-refractivity contribution in [1.82, 2.24) is 15.4 Å². The fraction of sp³-hybridized carbons (Fsp3) is 0.913. The molecule has 0 heterocycles. The third-order valence-electron chi connectivity index (χ3n) is 5.67. The molecule has 1 rings (SSSR count). The molecule has 11 heteroatoms. The summed E-state index contributed by atoms with van der Waals surface area (Å²) in [6.07, 6.45) is 3.75. The number of nitrogens with one attached hydrogen (secondary N) is 3. The van der Waals surface area contributed by atoms with Crippen LogP contribution in [0.2, 0.25) is 0 Å². The molecule has 0 spiro atoms. The predicted octanol–water partition coefficient (Wildman–Crippen LogP) is 1.80. The minimum atomic E-state index is -3.46. The molecule has 1 aliphatic carbocycles. The van der Waals surface area contributed by atoms with Crippen molar-refractivity contribution in [3.63, 3.8) is 0 Å². The van der Waals surface area contributed by atoms with Crippen LogP contribution in [-0.4, -0.2) is 73.3 Å². The van der Waals surface area contributed by atoms with Gasteiger partial charge in [0.1, 0.15) is 5.60 Å². The zero-order valence-corrected chi connectivity index (χ0v) is 22.0. The Morgan fingerprint density at radius 1 is 1.12 bits per heavy atom. The number of aliphatic hydroxyl groups excluding tert-OH is 2. The normalized spacial score (nSPS) is 18.1. The molecule has 0 aromatic carbocycles. The van der Waals surface area contributed by atoms with Crippen LogP contribution < -0.4 is 15.4 Å². The molecular formula is C23H45N3O7S. The van der Waals surface area contributed by atoms with Gasteiger partial charge in [-0.05, 0) is 39.5 Å². The van der Waals surface area contributed by atoms with E-state index in [1.165, 1.54) is 6.42 Å². The Bertz CT molecular complexity index is 719. The molecule has 3 atom stereocenters. The van der Waals surface area contributed by atoms with Crippen molar-refractivity contribution < 1.29 is 33.0 Å². The summed E-state index contributed by atoms with van der Waals surface area (Å²) in [5, 5.41) is 26.5. The second kappa shape index (κ2) is 14.9. The first-order valence-corrected chi connectivity index (χ1v) is 14.1. The van der Waals surface area contributed by atoms with Gasteiger partial charge < -0.3 is 25.6 Å². The lowest BCUT2D eigenvalue weighted by Crippen LogP contribution is -2.47. The number of amides is 2. The standard InChI is InChI=1S/C23H45N3O7S/c1-5-13-34(31,32)25-16-18(27)15-20(28)19(14-17-9-7-6-8-10-17)26-21(29)11-12-24-22(30)33-23(2,3)4/h17-20,25,27-28H,5-16H2,1-4H3,(H,24,30)(H,26,29)/t18-,19-,20-/m0/s1. The number of carbonyl (C=O) groups is 2. The van der Waals surface area contributed by atoms with Gasteiger partial charge in [0, 0.05) is 25.9 Å². The lowest BCUT2D eigenvalue weighted by Gasteiger charge is -2.31. The number of hydrogen-bond donors (Lipinski definition) is 5. The Kier molecular flexibility index (Phi) is 13.4. The summed E-state index contributed by atoms with van der Waals surface area (Å²) in [6, 6.07) is -0.570. The minimum absolute atomic E-state index is 0.0203. The van der Waals surface area contributed by atoms with Crippen LogP contribution in [0.1, 0.15) is 85.5 Å². The average Bonchev–Trinajstić information content (AvgIpc) is 2.71. The van der Waals surface area contributed by atoms with E-state index >= 15 is 0 Å². The van der Waals surface area contributed by atoms with Crippen molar-refractivity contribution in [3.8, 4) is 0 Å². The Labute approximate surface area is 204 Å². The van der Waals surface area contributed by atoms with Gasteiger partial charge in [-0.25, -0.2) is 17.9 Å². The molecular weight excluding hydrogens is 462 g/mol. The van der Waals surface area contributed by atoms with Crippen molar-refractivity contribution in [2.75, 3.05) is 18.8 Å². The summed E-state index contributed by atoms with van der Waals surface area (Å²) < 4.78 is 31.1. The lowest BCUT2D eigenvalue weighted by molar-refractivity contribution is -0.123. The monoisotopic (exact) mass is 507 g/mol. The molecule has 0 aliphatic heterocycles. The zero-order chi connectivity index (χ0) is 25.8. The van der Waals surface area contributed by atoms with Crippen LogP contribution in [0.25, 0.3) is 0 Å². The van der Waals surface area contributed by atoms with Gasteiger partial charge in [0.15, 0.2) is 0 Å². The van der Waals surface area contributed by atoms with Crippen LogP contribution in [0.4, 0.5) is 4.79 Å². The Morgan fingerprint density at radius 3 is 2.35 bits per heavy atom. The van der Waals surface area contributed by atoms with Crippen LogP contribution in [-0.2, 0) is 19.6 Å². The van der Waals surface area contributed by atoms with Crippen LogP contribution in [0.15, 0.2) is 0 Å². The van der Waals surface area contributed by atoms with Gasteiger partial charge in [-0.1, -0.05) is 39.0 Å². The smallest absolute Gasteiger partial charge is 0.407 e. The summed E-state index contributed by atoms with van der Waals surface area (Å²) in [7, 11) is -3.46. The number of hydrogen-bond acceptors (Lipinski definition) is 7. The zero-order valence-electron chi connectivity index (χ0n) is 21.1. The van der Waals surface area contributed by atoms with Gasteiger partial charge in [-0.15, -0.1) is 0 Å². The molecule has 0 aromatic rings. The maximum Gasteiger partial charge on any atom is 0.407 e. The average molecular weight is 508 g/mol. The van der Waals surface area contributed by atoms with Crippen LogP contribution in [0.3, 0.4) is 0 Å². The first-order valence-electron chi connectivity index (χ1n) is 12.4. The number of rotatable bonds is 14. The van der Waals surface area contributed by atoms with E-state index in [1.54, 1.807) is 27.7 Å². The van der Waals surface area contributed by atoms with E-state index in [0.29, 0.717) is 18.8 Å². The maximum absolute atomic E-state index is 12.5. The van der Waals surface area contributed by atoms with Gasteiger partial charge in [0.05, 0.1) is 24.0 Å². The van der Waals surface area contributed by atoms with Gasteiger partial charge in [-0.3, -0.25) is 4.79 Å². The Morgan fingerprint density at radius 2 is 1.76 bits per heavy atom. The van der Waals surface area contributed by atoms with Crippen LogP contribution >= 0.6 is 0 Å². The fourth-order valence-corrected chi connectivity index (χ4v) is 5.18. The molecule has 1 saturated carbocycles. The van der Waals surface area contributed by atoms with E-state index in [9.17, 15) is 28.2 Å². The van der Waals surface area contributed by atoms with Crippen LogP contribution in [0.5, 0.6) is 0 Å². The summed E-state index contributed by atoms with van der Waals surface area (Å²) in [4.78, 5) is 24.3. The molecule has 5 N–H and O–H groups in total. The maximum atomic E-state index is 12.5. The highest BCUT2D eigenvalue weighted by Crippen LogP contribution is 2.28. The largest absolute Gasteiger partial charge is 0.444 e. The molecule has 200 valence electrons. The molecule has 0 unspecified atom stereocenters. The second-order valence-electron chi connectivity index (χ2n) is 10.2. The highest BCUT2D eigenvalue weighted by Gasteiger charge is 2.28. The van der Waals surface area contributed by atoms with Crippen LogP contribution in [0, 0.1) is 5.92 Å². The van der Waals surface area contributed by atoms with Gasteiger partial charge >= 0.3 is 6.09 Å². The quantitative estimate of drug-likeness (QED) is 0.240. The summed E-state index contributed by atoms with van der Waals surface area (Å²) in [6.45, 7) is 6.90. The first-order chi connectivity index (χ1) is 15.8. The predicted molar refractivity (Wildman–Crippen MR) is 131 cm³/mol. The molecule has 34 heavy (non-hydrogen) atoms. The van der Waals surface area contributed by atoms with Gasteiger partial charge in [0.25, 0.3) is 0 Å². The molecule has 0 radical (unpaired) electrons. The summed E-state index contributed by atoms with van der Waals surface area (Å²) in [5.41, 5.74) is -0.632. The highest BCUT2D eigenvalue weighted by molar-refractivity contribution is 7.89. The molecule has 0 aromatic heterocycles. The topological polar surface area (TPSA) is 154 Å². The molecule has 1 fully saturated rings. The van der Waals surface area contributed by atoms with Crippen molar-refractivity contribution in [2.24, 2.45) is 5.92 Å². The van der Waals surface area contributed by atoms with Crippen molar-refractivity contribution in [1.29, 1.82) is 0 Å². The van der Waals surface area contributed by atoms with Crippen molar-refractivity contribution in [3.05, 3.63) is 0 Å². The second-order valence-corrected chi connectivity index (χ2v) is 12.1. The van der Waals surface area contributed by atoms with E-state index in [-0.39, 0.29) is 37.6 Å². The number of sulfonamides is 1.